The van der Waals surface area contributed by atoms with Crippen LogP contribution in [0.2, 0.25) is 0 Å². The molecule has 1 unspecified atom stereocenters. The quantitative estimate of drug-likeness (QED) is 0.791. The number of amides is 1. The minimum Gasteiger partial charge on any atom is -0.497 e. The topological polar surface area (TPSA) is 77.5 Å². The number of ether oxygens (including phenoxy) is 2. The molecule has 1 aromatic heterocycles. The smallest absolute Gasteiger partial charge is 0.339 e. The Balaban J connectivity index is 1.74. The molecule has 0 aliphatic heterocycles. The Morgan fingerprint density at radius 1 is 1.04 bits per heavy atom. The van der Waals surface area contributed by atoms with Gasteiger partial charge in [0.1, 0.15) is 5.75 Å². The maximum Gasteiger partial charge on any atom is 0.339 e. The minimum atomic E-state index is -1.01. The zero-order chi connectivity index (χ0) is 19.1. The first-order valence-corrected chi connectivity index (χ1v) is 9.22. The summed E-state index contributed by atoms with van der Waals surface area (Å²) in [6, 6.07) is 10.1. The molecule has 0 spiro atoms. The van der Waals surface area contributed by atoms with Gasteiger partial charge in [0, 0.05) is 24.0 Å². The highest BCUT2D eigenvalue weighted by Gasteiger charge is 2.28. The number of methoxy groups -OCH3 is 1. The number of rotatable bonds is 6. The molecule has 27 heavy (non-hydrogen) atoms. The van der Waals surface area contributed by atoms with Crippen molar-refractivity contribution in [3.05, 3.63) is 59.9 Å². The molecule has 1 fully saturated rings. The van der Waals surface area contributed by atoms with Crippen LogP contribution in [0.1, 0.15) is 54.1 Å². The van der Waals surface area contributed by atoms with E-state index in [1.807, 2.05) is 0 Å². The SMILES string of the molecule is COc1ccc(C(=O)OC(C(=O)NC2CCCCC2)c2ccncc2)cc1. The van der Waals surface area contributed by atoms with Crippen molar-refractivity contribution in [2.45, 2.75) is 44.2 Å². The first-order valence-electron chi connectivity index (χ1n) is 9.22. The number of hydrogen-bond acceptors (Lipinski definition) is 5. The van der Waals surface area contributed by atoms with Crippen molar-refractivity contribution in [3.8, 4) is 5.75 Å². The van der Waals surface area contributed by atoms with Crippen LogP contribution in [0.4, 0.5) is 0 Å². The zero-order valence-electron chi connectivity index (χ0n) is 15.4. The standard InChI is InChI=1S/C21H24N2O4/c1-26-18-9-7-16(8-10-18)21(25)27-19(15-11-13-22-14-12-15)20(24)23-17-5-3-2-4-6-17/h7-14,17,19H,2-6H2,1H3,(H,23,24). The highest BCUT2D eigenvalue weighted by molar-refractivity contribution is 5.92. The normalized spacial score (nSPS) is 15.6. The molecule has 1 aliphatic rings. The van der Waals surface area contributed by atoms with Crippen LogP contribution in [-0.4, -0.2) is 30.0 Å². The molecule has 3 rings (SSSR count). The minimum absolute atomic E-state index is 0.135. The summed E-state index contributed by atoms with van der Waals surface area (Å²) in [5, 5.41) is 3.04. The van der Waals surface area contributed by atoms with Crippen molar-refractivity contribution in [3.63, 3.8) is 0 Å². The number of nitrogens with one attached hydrogen (secondary N) is 1. The molecule has 2 aromatic rings. The summed E-state index contributed by atoms with van der Waals surface area (Å²) in [4.78, 5) is 29.4. The first kappa shape index (κ1) is 18.9. The lowest BCUT2D eigenvalue weighted by Crippen LogP contribution is -2.40. The molecule has 1 atom stereocenters. The van der Waals surface area contributed by atoms with Gasteiger partial charge >= 0.3 is 5.97 Å². The Morgan fingerprint density at radius 2 is 1.70 bits per heavy atom. The number of nitrogens with zero attached hydrogens (tertiary/aromatic N) is 1. The molecule has 142 valence electrons. The number of pyridine rings is 1. The van der Waals surface area contributed by atoms with Gasteiger partial charge in [0.25, 0.3) is 5.91 Å². The molecule has 6 heteroatoms. The van der Waals surface area contributed by atoms with E-state index < -0.39 is 12.1 Å². The molecule has 1 N–H and O–H groups in total. The molecule has 1 amide bonds. The average Bonchev–Trinajstić information content (AvgIpc) is 2.73. The Hall–Kier alpha value is -2.89. The fraction of sp³-hybridized carbons (Fsp3) is 0.381. The summed E-state index contributed by atoms with van der Waals surface area (Å²) < 4.78 is 10.7. The van der Waals surface area contributed by atoms with E-state index in [4.69, 9.17) is 9.47 Å². The van der Waals surface area contributed by atoms with E-state index in [-0.39, 0.29) is 11.9 Å². The van der Waals surface area contributed by atoms with Crippen LogP contribution in [-0.2, 0) is 9.53 Å². The second-order valence-corrected chi connectivity index (χ2v) is 6.64. The molecular formula is C21H24N2O4. The van der Waals surface area contributed by atoms with Gasteiger partial charge in [0.05, 0.1) is 12.7 Å². The Bertz CT molecular complexity index is 756. The van der Waals surface area contributed by atoms with Crippen LogP contribution in [0, 0.1) is 0 Å². The average molecular weight is 368 g/mol. The third-order valence-corrected chi connectivity index (χ3v) is 4.75. The first-order chi connectivity index (χ1) is 13.2. The molecule has 1 aliphatic carbocycles. The van der Waals surface area contributed by atoms with Crippen LogP contribution in [0.15, 0.2) is 48.8 Å². The number of benzene rings is 1. The van der Waals surface area contributed by atoms with E-state index in [0.717, 1.165) is 25.7 Å². The van der Waals surface area contributed by atoms with Gasteiger partial charge in [-0.15, -0.1) is 0 Å². The largest absolute Gasteiger partial charge is 0.497 e. The van der Waals surface area contributed by atoms with Gasteiger partial charge < -0.3 is 14.8 Å². The molecule has 0 saturated heterocycles. The third-order valence-electron chi connectivity index (χ3n) is 4.75. The van der Waals surface area contributed by atoms with Gasteiger partial charge in [-0.25, -0.2) is 4.79 Å². The fourth-order valence-corrected chi connectivity index (χ4v) is 3.24. The number of carbonyl (C=O) groups excluding carboxylic acids is 2. The summed E-state index contributed by atoms with van der Waals surface area (Å²) in [5.41, 5.74) is 0.959. The van der Waals surface area contributed by atoms with E-state index in [9.17, 15) is 9.59 Å². The molecule has 0 bridgehead atoms. The van der Waals surface area contributed by atoms with Crippen molar-refractivity contribution in [1.29, 1.82) is 0 Å². The highest BCUT2D eigenvalue weighted by atomic mass is 16.5. The van der Waals surface area contributed by atoms with Gasteiger partial charge in [0.2, 0.25) is 6.10 Å². The Labute approximate surface area is 158 Å². The van der Waals surface area contributed by atoms with Crippen LogP contribution < -0.4 is 10.1 Å². The molecule has 0 radical (unpaired) electrons. The summed E-state index contributed by atoms with van der Waals surface area (Å²) in [7, 11) is 1.56. The van der Waals surface area contributed by atoms with E-state index in [0.29, 0.717) is 16.9 Å². The maximum absolute atomic E-state index is 12.9. The Morgan fingerprint density at radius 3 is 2.33 bits per heavy atom. The summed E-state index contributed by atoms with van der Waals surface area (Å²) in [6.07, 6.45) is 7.49. The lowest BCUT2D eigenvalue weighted by atomic mass is 9.95. The number of aromatic nitrogens is 1. The summed E-state index contributed by atoms with van der Waals surface area (Å²) in [6.45, 7) is 0. The molecule has 1 heterocycles. The molecule has 6 nitrogen and oxygen atoms in total. The van der Waals surface area contributed by atoms with Crippen LogP contribution >= 0.6 is 0 Å². The lowest BCUT2D eigenvalue weighted by molar-refractivity contribution is -0.131. The van der Waals surface area contributed by atoms with E-state index >= 15 is 0 Å². The monoisotopic (exact) mass is 368 g/mol. The van der Waals surface area contributed by atoms with Gasteiger partial charge in [-0.1, -0.05) is 19.3 Å². The highest BCUT2D eigenvalue weighted by Crippen LogP contribution is 2.23. The van der Waals surface area contributed by atoms with Crippen LogP contribution in [0.5, 0.6) is 5.75 Å². The fourth-order valence-electron chi connectivity index (χ4n) is 3.24. The second-order valence-electron chi connectivity index (χ2n) is 6.64. The van der Waals surface area contributed by atoms with Crippen LogP contribution in [0.3, 0.4) is 0 Å². The number of carbonyl (C=O) groups is 2. The molecule has 1 aromatic carbocycles. The van der Waals surface area contributed by atoms with Crippen LogP contribution in [0.25, 0.3) is 0 Å². The summed E-state index contributed by atoms with van der Waals surface area (Å²) >= 11 is 0. The van der Waals surface area contributed by atoms with Gasteiger partial charge in [0.15, 0.2) is 0 Å². The van der Waals surface area contributed by atoms with E-state index in [2.05, 4.69) is 10.3 Å². The molecular weight excluding hydrogens is 344 g/mol. The predicted molar refractivity (Wildman–Crippen MR) is 100 cm³/mol. The summed E-state index contributed by atoms with van der Waals surface area (Å²) in [5.74, 6) is -0.208. The van der Waals surface area contributed by atoms with Crippen molar-refractivity contribution >= 4 is 11.9 Å². The lowest BCUT2D eigenvalue weighted by Gasteiger charge is -2.25. The van der Waals surface area contributed by atoms with Gasteiger partial charge in [-0.05, 0) is 49.2 Å². The molecule has 1 saturated carbocycles. The number of hydrogen-bond donors (Lipinski definition) is 1. The van der Waals surface area contributed by atoms with Crippen molar-refractivity contribution in [2.24, 2.45) is 0 Å². The maximum atomic E-state index is 12.9. The third kappa shape index (κ3) is 5.06. The van der Waals surface area contributed by atoms with E-state index in [1.165, 1.54) is 6.42 Å². The number of esters is 1. The predicted octanol–water partition coefficient (Wildman–Crippen LogP) is 3.44. The van der Waals surface area contributed by atoms with Crippen molar-refractivity contribution in [1.82, 2.24) is 10.3 Å². The Kier molecular flexibility index (Phi) is 6.41. The van der Waals surface area contributed by atoms with Crippen molar-refractivity contribution in [2.75, 3.05) is 7.11 Å². The van der Waals surface area contributed by atoms with E-state index in [1.54, 1.807) is 55.9 Å². The van der Waals surface area contributed by atoms with Gasteiger partial charge in [-0.2, -0.15) is 0 Å². The zero-order valence-corrected chi connectivity index (χ0v) is 15.4. The second kappa shape index (κ2) is 9.16. The van der Waals surface area contributed by atoms with Crippen molar-refractivity contribution < 1.29 is 19.1 Å². The van der Waals surface area contributed by atoms with Gasteiger partial charge in [-0.3, -0.25) is 9.78 Å².